The molecule has 2 rings (SSSR count). The molecule has 16 heavy (non-hydrogen) atoms. The highest BCUT2D eigenvalue weighted by Crippen LogP contribution is 2.28. The fourth-order valence-corrected chi connectivity index (χ4v) is 1.92. The number of nitriles is 1. The van der Waals surface area contributed by atoms with E-state index >= 15 is 0 Å². The molecule has 0 saturated heterocycles. The molecule has 0 unspecified atom stereocenters. The van der Waals surface area contributed by atoms with Crippen molar-refractivity contribution in [1.82, 2.24) is 4.90 Å². The maximum Gasteiger partial charge on any atom is 0.0991 e. The van der Waals surface area contributed by atoms with E-state index in [-0.39, 0.29) is 0 Å². The minimum absolute atomic E-state index is 0.715. The number of hydrogen-bond acceptors (Lipinski definition) is 3. The van der Waals surface area contributed by atoms with Gasteiger partial charge in [0.25, 0.3) is 0 Å². The molecular formula is C13H15N3. The van der Waals surface area contributed by atoms with Gasteiger partial charge in [-0.3, -0.25) is 0 Å². The van der Waals surface area contributed by atoms with Crippen LogP contribution in [0.1, 0.15) is 11.1 Å². The molecule has 0 radical (unpaired) electrons. The quantitative estimate of drug-likeness (QED) is 0.816. The SMILES string of the molecule is CN(C)CC1=CCNc2ccc(C#N)cc21. The van der Waals surface area contributed by atoms with Gasteiger partial charge in [0.2, 0.25) is 0 Å². The minimum atomic E-state index is 0.715. The van der Waals surface area contributed by atoms with Gasteiger partial charge in [-0.05, 0) is 37.9 Å². The van der Waals surface area contributed by atoms with Crippen LogP contribution in [0, 0.1) is 11.3 Å². The topological polar surface area (TPSA) is 39.1 Å². The monoisotopic (exact) mass is 213 g/mol. The summed E-state index contributed by atoms with van der Waals surface area (Å²) in [6.07, 6.45) is 2.18. The number of anilines is 1. The Morgan fingerprint density at radius 3 is 2.94 bits per heavy atom. The van der Waals surface area contributed by atoms with Crippen molar-refractivity contribution in [2.75, 3.05) is 32.5 Å². The number of benzene rings is 1. The van der Waals surface area contributed by atoms with Crippen molar-refractivity contribution in [3.63, 3.8) is 0 Å². The van der Waals surface area contributed by atoms with Gasteiger partial charge < -0.3 is 10.2 Å². The summed E-state index contributed by atoms with van der Waals surface area (Å²) >= 11 is 0. The zero-order valence-corrected chi connectivity index (χ0v) is 9.62. The average molecular weight is 213 g/mol. The Kier molecular flexibility index (Phi) is 2.93. The van der Waals surface area contributed by atoms with Crippen LogP contribution in [0.5, 0.6) is 0 Å². The third-order valence-electron chi connectivity index (χ3n) is 2.62. The van der Waals surface area contributed by atoms with Gasteiger partial charge in [0.15, 0.2) is 0 Å². The Balaban J connectivity index is 2.40. The molecule has 1 aliphatic rings. The van der Waals surface area contributed by atoms with Gasteiger partial charge in [-0.15, -0.1) is 0 Å². The van der Waals surface area contributed by atoms with Crippen molar-refractivity contribution < 1.29 is 0 Å². The van der Waals surface area contributed by atoms with Crippen LogP contribution in [0.25, 0.3) is 5.57 Å². The first-order chi connectivity index (χ1) is 7.70. The zero-order chi connectivity index (χ0) is 11.5. The molecule has 1 aromatic carbocycles. The molecule has 1 aliphatic heterocycles. The van der Waals surface area contributed by atoms with Gasteiger partial charge in [-0.2, -0.15) is 5.26 Å². The summed E-state index contributed by atoms with van der Waals surface area (Å²) in [4.78, 5) is 2.14. The van der Waals surface area contributed by atoms with Crippen LogP contribution in [-0.4, -0.2) is 32.1 Å². The maximum absolute atomic E-state index is 8.91. The largest absolute Gasteiger partial charge is 0.381 e. The summed E-state index contributed by atoms with van der Waals surface area (Å²) in [5.74, 6) is 0. The Labute approximate surface area is 96.0 Å². The molecule has 0 bridgehead atoms. The molecule has 3 nitrogen and oxygen atoms in total. The Hall–Kier alpha value is -1.79. The molecule has 3 heteroatoms. The summed E-state index contributed by atoms with van der Waals surface area (Å²) in [5.41, 5.74) is 4.28. The first kappa shape index (κ1) is 10.7. The van der Waals surface area contributed by atoms with E-state index in [4.69, 9.17) is 5.26 Å². The highest BCUT2D eigenvalue weighted by atomic mass is 15.1. The lowest BCUT2D eigenvalue weighted by atomic mass is 9.98. The molecule has 0 amide bonds. The van der Waals surface area contributed by atoms with E-state index in [1.54, 1.807) is 0 Å². The molecule has 1 N–H and O–H groups in total. The Morgan fingerprint density at radius 2 is 2.25 bits per heavy atom. The van der Waals surface area contributed by atoms with Crippen LogP contribution in [0.2, 0.25) is 0 Å². The first-order valence-corrected chi connectivity index (χ1v) is 5.33. The van der Waals surface area contributed by atoms with Crippen LogP contribution in [0.15, 0.2) is 24.3 Å². The standard InChI is InChI=1S/C13H15N3/c1-16(2)9-11-5-6-15-13-4-3-10(8-14)7-12(11)13/h3-5,7,15H,6,9H2,1-2H3. The van der Waals surface area contributed by atoms with Gasteiger partial charge in [0.05, 0.1) is 11.6 Å². The van der Waals surface area contributed by atoms with Gasteiger partial charge >= 0.3 is 0 Å². The molecule has 0 saturated carbocycles. The third kappa shape index (κ3) is 2.07. The fraction of sp³-hybridized carbons (Fsp3) is 0.308. The lowest BCUT2D eigenvalue weighted by Crippen LogP contribution is -2.18. The fourth-order valence-electron chi connectivity index (χ4n) is 1.92. The lowest BCUT2D eigenvalue weighted by molar-refractivity contribution is 0.463. The molecule has 0 aromatic heterocycles. The van der Waals surface area contributed by atoms with Gasteiger partial charge in [0.1, 0.15) is 0 Å². The highest BCUT2D eigenvalue weighted by Gasteiger charge is 2.13. The first-order valence-electron chi connectivity index (χ1n) is 5.33. The van der Waals surface area contributed by atoms with E-state index in [1.165, 1.54) is 5.57 Å². The normalized spacial score (nSPS) is 13.8. The molecule has 1 heterocycles. The molecular weight excluding hydrogens is 198 g/mol. The van der Waals surface area contributed by atoms with Crippen molar-refractivity contribution in [2.45, 2.75) is 0 Å². The van der Waals surface area contributed by atoms with Gasteiger partial charge in [0, 0.05) is 24.3 Å². The second-order valence-electron chi connectivity index (χ2n) is 4.22. The van der Waals surface area contributed by atoms with E-state index < -0.39 is 0 Å². The maximum atomic E-state index is 8.91. The van der Waals surface area contributed by atoms with Crippen molar-refractivity contribution in [2.24, 2.45) is 0 Å². The van der Waals surface area contributed by atoms with Crippen molar-refractivity contribution in [3.8, 4) is 6.07 Å². The molecule has 0 fully saturated rings. The van der Waals surface area contributed by atoms with Crippen LogP contribution >= 0.6 is 0 Å². The van der Waals surface area contributed by atoms with Crippen LogP contribution in [0.3, 0.4) is 0 Å². The summed E-state index contributed by atoms with van der Waals surface area (Å²) in [5, 5.41) is 12.2. The van der Waals surface area contributed by atoms with E-state index in [9.17, 15) is 0 Å². The zero-order valence-electron chi connectivity index (χ0n) is 9.62. The number of nitrogens with zero attached hydrogens (tertiary/aromatic N) is 2. The second kappa shape index (κ2) is 4.38. The predicted octanol–water partition coefficient (Wildman–Crippen LogP) is 1.93. The predicted molar refractivity (Wildman–Crippen MR) is 66.2 cm³/mol. The molecule has 1 aromatic rings. The van der Waals surface area contributed by atoms with Crippen LogP contribution < -0.4 is 5.32 Å². The molecule has 0 aliphatic carbocycles. The number of fused-ring (bicyclic) bond motifs is 1. The second-order valence-corrected chi connectivity index (χ2v) is 4.22. The molecule has 0 spiro atoms. The summed E-state index contributed by atoms with van der Waals surface area (Å²) in [7, 11) is 4.10. The van der Waals surface area contributed by atoms with Crippen LogP contribution in [0.4, 0.5) is 5.69 Å². The average Bonchev–Trinajstić information content (AvgIpc) is 2.28. The Bertz CT molecular complexity index is 467. The minimum Gasteiger partial charge on any atom is -0.381 e. The number of likely N-dealkylation sites (N-methyl/N-ethyl adjacent to an activating group) is 1. The van der Waals surface area contributed by atoms with E-state index in [2.05, 4.69) is 36.5 Å². The van der Waals surface area contributed by atoms with Gasteiger partial charge in [-0.1, -0.05) is 6.08 Å². The smallest absolute Gasteiger partial charge is 0.0991 e. The summed E-state index contributed by atoms with van der Waals surface area (Å²) in [6, 6.07) is 7.97. The number of rotatable bonds is 2. The lowest BCUT2D eigenvalue weighted by Gasteiger charge is -2.22. The van der Waals surface area contributed by atoms with E-state index in [1.807, 2.05) is 18.2 Å². The third-order valence-corrected chi connectivity index (χ3v) is 2.62. The van der Waals surface area contributed by atoms with E-state index in [0.717, 1.165) is 24.3 Å². The molecule has 82 valence electrons. The van der Waals surface area contributed by atoms with Crippen LogP contribution in [-0.2, 0) is 0 Å². The molecule has 0 atom stereocenters. The highest BCUT2D eigenvalue weighted by molar-refractivity contribution is 5.81. The summed E-state index contributed by atoms with van der Waals surface area (Å²) < 4.78 is 0. The van der Waals surface area contributed by atoms with E-state index in [0.29, 0.717) is 5.56 Å². The Morgan fingerprint density at radius 1 is 1.44 bits per heavy atom. The van der Waals surface area contributed by atoms with Crippen molar-refractivity contribution in [3.05, 3.63) is 35.4 Å². The van der Waals surface area contributed by atoms with Crippen molar-refractivity contribution >= 4 is 11.3 Å². The van der Waals surface area contributed by atoms with Crippen molar-refractivity contribution in [1.29, 1.82) is 5.26 Å². The number of hydrogen-bond donors (Lipinski definition) is 1. The summed E-state index contributed by atoms with van der Waals surface area (Å²) in [6.45, 7) is 1.77. The number of nitrogens with one attached hydrogen (secondary N) is 1. The van der Waals surface area contributed by atoms with Gasteiger partial charge in [-0.25, -0.2) is 0 Å².